The molecule has 0 bridgehead atoms. The number of ketones is 1. The molecule has 5 heteroatoms. The minimum Gasteiger partial charge on any atom is -0.327 e. The average Bonchev–Trinajstić information content (AvgIpc) is 2.49. The summed E-state index contributed by atoms with van der Waals surface area (Å²) >= 11 is 6.01. The number of halogens is 1. The molecular weight excluding hydrogens is 274 g/mol. The second-order valence-electron chi connectivity index (χ2n) is 5.86. The van der Waals surface area contributed by atoms with Crippen molar-refractivity contribution < 1.29 is 9.39 Å². The van der Waals surface area contributed by atoms with E-state index in [0.717, 1.165) is 25.1 Å². The Balaban J connectivity index is 2.21. The fourth-order valence-electron chi connectivity index (χ4n) is 2.97. The molecule has 3 N–H and O–H groups in total. The molecular formula is C15H23ClN3O+. The monoisotopic (exact) mass is 296 g/mol. The van der Waals surface area contributed by atoms with E-state index in [4.69, 9.17) is 17.5 Å². The highest BCUT2D eigenvalue weighted by atomic mass is 35.5. The molecule has 0 spiro atoms. The molecule has 0 aromatic heterocycles. The van der Waals surface area contributed by atoms with Gasteiger partial charge in [0.1, 0.15) is 6.54 Å². The number of likely N-dealkylation sites (tertiary alicyclic amines) is 1. The van der Waals surface area contributed by atoms with Crippen molar-refractivity contribution in [1.82, 2.24) is 4.94 Å². The third kappa shape index (κ3) is 2.88. The quantitative estimate of drug-likeness (QED) is 0.508. The predicted molar refractivity (Wildman–Crippen MR) is 81.0 cm³/mol. The molecule has 1 aliphatic heterocycles. The van der Waals surface area contributed by atoms with E-state index >= 15 is 0 Å². The molecule has 4 nitrogen and oxygen atoms in total. The van der Waals surface area contributed by atoms with Gasteiger partial charge in [0.05, 0.1) is 6.54 Å². The van der Waals surface area contributed by atoms with Crippen molar-refractivity contribution in [3.8, 4) is 0 Å². The van der Waals surface area contributed by atoms with Gasteiger partial charge in [-0.25, -0.2) is 4.59 Å². The van der Waals surface area contributed by atoms with E-state index in [2.05, 4.69) is 11.9 Å². The zero-order chi connectivity index (χ0) is 14.8. The second kappa shape index (κ2) is 6.22. The number of piperidine rings is 1. The van der Waals surface area contributed by atoms with Crippen molar-refractivity contribution in [2.24, 2.45) is 11.7 Å². The van der Waals surface area contributed by atoms with E-state index in [0.29, 0.717) is 10.5 Å². The number of nitrogens with zero attached hydrogens (tertiary/aromatic N) is 1. The number of nitrogens with two attached hydrogens (primary N) is 1. The van der Waals surface area contributed by atoms with E-state index in [1.165, 1.54) is 0 Å². The summed E-state index contributed by atoms with van der Waals surface area (Å²) in [6.45, 7) is 5.60. The maximum absolute atomic E-state index is 12.7. The van der Waals surface area contributed by atoms with E-state index in [-0.39, 0.29) is 17.9 Å². The lowest BCUT2D eigenvalue weighted by Crippen LogP contribution is -2.68. The largest absolute Gasteiger partial charge is 0.327 e. The summed E-state index contributed by atoms with van der Waals surface area (Å²) in [5.41, 5.74) is 6.80. The molecule has 1 aromatic carbocycles. The van der Waals surface area contributed by atoms with Gasteiger partial charge in [0, 0.05) is 35.7 Å². The maximum atomic E-state index is 12.7. The smallest absolute Gasteiger partial charge is 0.221 e. The van der Waals surface area contributed by atoms with Crippen molar-refractivity contribution in [3.63, 3.8) is 0 Å². The Morgan fingerprint density at radius 3 is 2.65 bits per heavy atom. The van der Waals surface area contributed by atoms with Crippen LogP contribution in [0.3, 0.4) is 0 Å². The molecule has 1 aliphatic rings. The van der Waals surface area contributed by atoms with Crippen LogP contribution in [0.1, 0.15) is 30.6 Å². The Hall–Kier alpha value is -0.940. The van der Waals surface area contributed by atoms with Gasteiger partial charge < -0.3 is 5.73 Å². The molecule has 1 aromatic rings. The van der Waals surface area contributed by atoms with Crippen LogP contribution >= 0.6 is 11.8 Å². The van der Waals surface area contributed by atoms with Gasteiger partial charge in [-0.05, 0) is 6.92 Å². The topological polar surface area (TPSA) is 55.1 Å². The molecule has 4 unspecified atom stereocenters. The first kappa shape index (κ1) is 15.4. The standard InChI is InChI=1S/C15H23ClN3O/c1-11-10-19(18-16,9-8-14(11)17)12(2)15(20)13-6-4-3-5-7-13/h3-7,11-12,14,18H,8-10,17H2,1-2H3/q+1. The Morgan fingerprint density at radius 2 is 2.10 bits per heavy atom. The number of hydrogen-bond acceptors (Lipinski definition) is 3. The highest BCUT2D eigenvalue weighted by Gasteiger charge is 2.44. The van der Waals surface area contributed by atoms with Crippen molar-refractivity contribution >= 4 is 17.6 Å². The summed E-state index contributed by atoms with van der Waals surface area (Å²) in [5, 5.41) is 0. The molecule has 0 aliphatic carbocycles. The van der Waals surface area contributed by atoms with E-state index in [1.54, 1.807) is 0 Å². The summed E-state index contributed by atoms with van der Waals surface area (Å²) in [4.78, 5) is 15.5. The summed E-state index contributed by atoms with van der Waals surface area (Å²) < 4.78 is 0.393. The van der Waals surface area contributed by atoms with Crippen molar-refractivity contribution in [2.45, 2.75) is 32.4 Å². The molecule has 1 saturated heterocycles. The molecule has 1 heterocycles. The van der Waals surface area contributed by atoms with Crippen LogP contribution in [-0.2, 0) is 0 Å². The van der Waals surface area contributed by atoms with Crippen LogP contribution in [0.4, 0.5) is 0 Å². The van der Waals surface area contributed by atoms with E-state index in [1.807, 2.05) is 37.3 Å². The number of hydrogen-bond donors (Lipinski definition) is 2. The SMILES string of the molecule is CC1C[N+](NCl)(C(C)C(=O)c2ccccc2)CCC1N. The van der Waals surface area contributed by atoms with Gasteiger partial charge >= 0.3 is 0 Å². The third-order valence-electron chi connectivity index (χ3n) is 4.55. The average molecular weight is 297 g/mol. The third-order valence-corrected chi connectivity index (χ3v) is 4.89. The Bertz CT molecular complexity index is 467. The predicted octanol–water partition coefficient (Wildman–Crippen LogP) is 2.10. The number of carbonyl (C=O) groups is 1. The van der Waals surface area contributed by atoms with Crippen LogP contribution < -0.4 is 10.7 Å². The van der Waals surface area contributed by atoms with Gasteiger partial charge in [-0.1, -0.05) is 42.2 Å². The second-order valence-corrected chi connectivity index (χ2v) is 6.03. The van der Waals surface area contributed by atoms with Gasteiger partial charge in [-0.15, -0.1) is 0 Å². The fraction of sp³-hybridized carbons (Fsp3) is 0.533. The van der Waals surface area contributed by atoms with E-state index < -0.39 is 0 Å². The summed E-state index contributed by atoms with van der Waals surface area (Å²) in [6.07, 6.45) is 0.868. The van der Waals surface area contributed by atoms with Gasteiger partial charge in [0.25, 0.3) is 0 Å². The van der Waals surface area contributed by atoms with Gasteiger partial charge in [-0.3, -0.25) is 4.79 Å². The molecule has 0 amide bonds. The van der Waals surface area contributed by atoms with Crippen LogP contribution in [0.5, 0.6) is 0 Å². The maximum Gasteiger partial charge on any atom is 0.221 e. The van der Waals surface area contributed by atoms with Crippen LogP contribution in [0.15, 0.2) is 30.3 Å². The first-order valence-electron chi connectivity index (χ1n) is 7.09. The lowest BCUT2D eigenvalue weighted by atomic mass is 9.91. The van der Waals surface area contributed by atoms with Crippen LogP contribution in [0.2, 0.25) is 0 Å². The minimum absolute atomic E-state index is 0.112. The molecule has 0 saturated carbocycles. The van der Waals surface area contributed by atoms with Crippen LogP contribution in [0, 0.1) is 5.92 Å². The summed E-state index contributed by atoms with van der Waals surface area (Å²) in [5.74, 6) is 0.447. The summed E-state index contributed by atoms with van der Waals surface area (Å²) in [7, 11) is 0. The zero-order valence-corrected chi connectivity index (χ0v) is 12.8. The Morgan fingerprint density at radius 1 is 1.45 bits per heavy atom. The molecule has 110 valence electrons. The lowest BCUT2D eigenvalue weighted by molar-refractivity contribution is -0.976. The molecule has 20 heavy (non-hydrogen) atoms. The molecule has 0 radical (unpaired) electrons. The van der Waals surface area contributed by atoms with Crippen molar-refractivity contribution in [1.29, 1.82) is 0 Å². The van der Waals surface area contributed by atoms with E-state index in [9.17, 15) is 4.79 Å². The number of benzene rings is 1. The summed E-state index contributed by atoms with van der Waals surface area (Å²) in [6, 6.07) is 9.33. The molecule has 1 fully saturated rings. The van der Waals surface area contributed by atoms with Crippen LogP contribution in [-0.4, -0.2) is 35.5 Å². The number of carbonyl (C=O) groups excluding carboxylic acids is 1. The molecule has 4 atom stereocenters. The Labute approximate surface area is 125 Å². The molecule has 2 rings (SSSR count). The lowest BCUT2D eigenvalue weighted by Gasteiger charge is -2.46. The van der Waals surface area contributed by atoms with Crippen molar-refractivity contribution in [2.75, 3.05) is 13.1 Å². The minimum atomic E-state index is -0.232. The highest BCUT2D eigenvalue weighted by Crippen LogP contribution is 2.26. The Kier molecular flexibility index (Phi) is 4.81. The van der Waals surface area contributed by atoms with Crippen molar-refractivity contribution in [3.05, 3.63) is 35.9 Å². The van der Waals surface area contributed by atoms with Gasteiger partial charge in [0.15, 0.2) is 6.04 Å². The first-order chi connectivity index (χ1) is 9.50. The first-order valence-corrected chi connectivity index (χ1v) is 7.47. The van der Waals surface area contributed by atoms with Crippen LogP contribution in [0.25, 0.3) is 0 Å². The number of Topliss-reactive ketones (excluding diaryl/α,β-unsaturated/α-hetero) is 1. The van der Waals surface area contributed by atoms with Gasteiger partial charge in [-0.2, -0.15) is 0 Å². The number of quaternary nitrogens is 1. The normalized spacial score (nSPS) is 31.8. The number of rotatable bonds is 4. The highest BCUT2D eigenvalue weighted by molar-refractivity contribution is 6.12. The van der Waals surface area contributed by atoms with Gasteiger partial charge in [0.2, 0.25) is 5.78 Å². The number of nitrogens with one attached hydrogen (secondary N) is 1. The fourth-order valence-corrected chi connectivity index (χ4v) is 3.27. The zero-order valence-electron chi connectivity index (χ0n) is 12.1.